The SMILES string of the molecule is CCn1ccc(-c2cc(N3CCN(C(=O)c4ccccc4)CC3)nc(C)n2)n1. The number of piperazine rings is 1. The number of carbonyl (C=O) groups is 1. The van der Waals surface area contributed by atoms with Gasteiger partial charge in [-0.25, -0.2) is 9.97 Å². The smallest absolute Gasteiger partial charge is 0.253 e. The molecule has 144 valence electrons. The normalized spacial score (nSPS) is 14.4. The fourth-order valence-corrected chi connectivity index (χ4v) is 3.42. The van der Waals surface area contributed by atoms with Gasteiger partial charge in [0.2, 0.25) is 0 Å². The second kappa shape index (κ2) is 7.80. The Labute approximate surface area is 164 Å². The van der Waals surface area contributed by atoms with E-state index in [0.29, 0.717) is 13.1 Å². The molecule has 1 amide bonds. The molecule has 0 spiro atoms. The zero-order chi connectivity index (χ0) is 19.5. The molecule has 3 heterocycles. The lowest BCUT2D eigenvalue weighted by Crippen LogP contribution is -2.49. The van der Waals surface area contributed by atoms with Crippen LogP contribution in [0, 0.1) is 6.92 Å². The monoisotopic (exact) mass is 376 g/mol. The van der Waals surface area contributed by atoms with Crippen LogP contribution in [0.2, 0.25) is 0 Å². The number of hydrogen-bond acceptors (Lipinski definition) is 5. The van der Waals surface area contributed by atoms with Crippen LogP contribution in [-0.2, 0) is 6.54 Å². The summed E-state index contributed by atoms with van der Waals surface area (Å²) in [6.07, 6.45) is 1.96. The summed E-state index contributed by atoms with van der Waals surface area (Å²) in [4.78, 5) is 25.9. The van der Waals surface area contributed by atoms with Crippen molar-refractivity contribution in [1.82, 2.24) is 24.6 Å². The van der Waals surface area contributed by atoms with Crippen molar-refractivity contribution < 1.29 is 4.79 Å². The van der Waals surface area contributed by atoms with Gasteiger partial charge in [0.05, 0.1) is 5.69 Å². The Balaban J connectivity index is 1.48. The molecule has 7 nitrogen and oxygen atoms in total. The van der Waals surface area contributed by atoms with Crippen LogP contribution in [0.3, 0.4) is 0 Å². The first-order valence-electron chi connectivity index (χ1n) is 9.63. The van der Waals surface area contributed by atoms with Crippen LogP contribution in [0.15, 0.2) is 48.7 Å². The van der Waals surface area contributed by atoms with Crippen molar-refractivity contribution in [3.8, 4) is 11.4 Å². The summed E-state index contributed by atoms with van der Waals surface area (Å²) in [5.41, 5.74) is 2.42. The molecule has 2 aromatic heterocycles. The molecule has 4 rings (SSSR count). The zero-order valence-electron chi connectivity index (χ0n) is 16.2. The average molecular weight is 376 g/mol. The van der Waals surface area contributed by atoms with Crippen LogP contribution in [0.4, 0.5) is 5.82 Å². The molecule has 0 N–H and O–H groups in total. The summed E-state index contributed by atoms with van der Waals surface area (Å²) >= 11 is 0. The number of aromatic nitrogens is 4. The van der Waals surface area contributed by atoms with E-state index in [4.69, 9.17) is 0 Å². The summed E-state index contributed by atoms with van der Waals surface area (Å²) in [6.45, 7) is 7.64. The summed E-state index contributed by atoms with van der Waals surface area (Å²) in [5, 5.41) is 4.55. The van der Waals surface area contributed by atoms with Crippen LogP contribution in [-0.4, -0.2) is 56.7 Å². The van der Waals surface area contributed by atoms with Crippen LogP contribution in [0.25, 0.3) is 11.4 Å². The molecule has 3 aromatic rings. The highest BCUT2D eigenvalue weighted by atomic mass is 16.2. The van der Waals surface area contributed by atoms with Gasteiger partial charge in [-0.3, -0.25) is 9.48 Å². The molecule has 0 atom stereocenters. The van der Waals surface area contributed by atoms with Gasteiger partial charge in [-0.1, -0.05) is 18.2 Å². The number of aryl methyl sites for hydroxylation is 2. The molecular formula is C21H24N6O. The van der Waals surface area contributed by atoms with E-state index < -0.39 is 0 Å². The molecule has 0 aliphatic carbocycles. The Morgan fingerprint density at radius 2 is 1.75 bits per heavy atom. The van der Waals surface area contributed by atoms with Gasteiger partial charge in [0.15, 0.2) is 0 Å². The van der Waals surface area contributed by atoms with Crippen molar-refractivity contribution >= 4 is 11.7 Å². The largest absolute Gasteiger partial charge is 0.353 e. The number of carbonyl (C=O) groups excluding carboxylic acids is 1. The zero-order valence-corrected chi connectivity index (χ0v) is 16.2. The summed E-state index contributed by atoms with van der Waals surface area (Å²) in [7, 11) is 0. The topological polar surface area (TPSA) is 67.2 Å². The van der Waals surface area contributed by atoms with Crippen LogP contribution < -0.4 is 4.90 Å². The van der Waals surface area contributed by atoms with E-state index in [0.717, 1.165) is 48.2 Å². The molecule has 1 aromatic carbocycles. The van der Waals surface area contributed by atoms with Gasteiger partial charge in [-0.05, 0) is 32.0 Å². The summed E-state index contributed by atoms with van der Waals surface area (Å²) in [5.74, 6) is 1.70. The van der Waals surface area contributed by atoms with Gasteiger partial charge in [0, 0.05) is 50.6 Å². The first-order valence-corrected chi connectivity index (χ1v) is 9.63. The van der Waals surface area contributed by atoms with Crippen molar-refractivity contribution in [2.75, 3.05) is 31.1 Å². The average Bonchev–Trinajstić information content (AvgIpc) is 3.23. The molecule has 0 saturated carbocycles. The second-order valence-electron chi connectivity index (χ2n) is 6.86. The molecule has 28 heavy (non-hydrogen) atoms. The third-order valence-electron chi connectivity index (χ3n) is 4.96. The molecule has 0 bridgehead atoms. The molecule has 1 aliphatic heterocycles. The van der Waals surface area contributed by atoms with Gasteiger partial charge in [0.25, 0.3) is 5.91 Å². The molecule has 0 radical (unpaired) electrons. The molecule has 1 saturated heterocycles. The minimum atomic E-state index is 0.0879. The van der Waals surface area contributed by atoms with Crippen molar-refractivity contribution in [3.05, 3.63) is 60.0 Å². The molecular weight excluding hydrogens is 352 g/mol. The number of benzene rings is 1. The van der Waals surface area contributed by atoms with Gasteiger partial charge < -0.3 is 9.80 Å². The maximum absolute atomic E-state index is 12.6. The number of anilines is 1. The lowest BCUT2D eigenvalue weighted by atomic mass is 10.2. The van der Waals surface area contributed by atoms with Crippen molar-refractivity contribution in [3.63, 3.8) is 0 Å². The van der Waals surface area contributed by atoms with Gasteiger partial charge in [-0.15, -0.1) is 0 Å². The van der Waals surface area contributed by atoms with Gasteiger partial charge in [-0.2, -0.15) is 5.10 Å². The van der Waals surface area contributed by atoms with Gasteiger partial charge in [0.1, 0.15) is 17.3 Å². The maximum atomic E-state index is 12.6. The Morgan fingerprint density at radius 3 is 2.43 bits per heavy atom. The van der Waals surface area contributed by atoms with E-state index in [9.17, 15) is 4.79 Å². The van der Waals surface area contributed by atoms with E-state index in [1.54, 1.807) is 0 Å². The highest BCUT2D eigenvalue weighted by Crippen LogP contribution is 2.22. The number of amides is 1. The fraction of sp³-hybridized carbons (Fsp3) is 0.333. The quantitative estimate of drug-likeness (QED) is 0.700. The van der Waals surface area contributed by atoms with E-state index in [1.807, 2.05) is 65.2 Å². The number of nitrogens with zero attached hydrogens (tertiary/aromatic N) is 6. The van der Waals surface area contributed by atoms with Crippen LogP contribution in [0.1, 0.15) is 23.1 Å². The standard InChI is InChI=1S/C21H24N6O/c1-3-27-10-9-18(24-27)19-15-20(23-16(2)22-19)25-11-13-26(14-12-25)21(28)17-7-5-4-6-8-17/h4-10,15H,3,11-14H2,1-2H3. The molecule has 1 fully saturated rings. The molecule has 0 unspecified atom stereocenters. The highest BCUT2D eigenvalue weighted by Gasteiger charge is 2.23. The van der Waals surface area contributed by atoms with Crippen molar-refractivity contribution in [2.45, 2.75) is 20.4 Å². The molecule has 1 aliphatic rings. The predicted molar refractivity (Wildman–Crippen MR) is 108 cm³/mol. The third-order valence-corrected chi connectivity index (χ3v) is 4.96. The Kier molecular flexibility index (Phi) is 5.06. The lowest BCUT2D eigenvalue weighted by Gasteiger charge is -2.35. The summed E-state index contributed by atoms with van der Waals surface area (Å²) < 4.78 is 1.89. The van der Waals surface area contributed by atoms with E-state index in [2.05, 4.69) is 26.9 Å². The number of hydrogen-bond donors (Lipinski definition) is 0. The van der Waals surface area contributed by atoms with E-state index >= 15 is 0 Å². The van der Waals surface area contributed by atoms with E-state index in [1.165, 1.54) is 0 Å². The predicted octanol–water partition coefficient (Wildman–Crippen LogP) is 2.63. The Bertz CT molecular complexity index is 960. The first kappa shape index (κ1) is 18.2. The van der Waals surface area contributed by atoms with Crippen molar-refractivity contribution in [1.29, 1.82) is 0 Å². The molecule has 7 heteroatoms. The second-order valence-corrected chi connectivity index (χ2v) is 6.86. The third kappa shape index (κ3) is 3.74. The van der Waals surface area contributed by atoms with Crippen LogP contribution >= 0.6 is 0 Å². The summed E-state index contributed by atoms with van der Waals surface area (Å²) in [6, 6.07) is 13.4. The van der Waals surface area contributed by atoms with E-state index in [-0.39, 0.29) is 5.91 Å². The number of rotatable bonds is 4. The van der Waals surface area contributed by atoms with Crippen LogP contribution in [0.5, 0.6) is 0 Å². The minimum absolute atomic E-state index is 0.0879. The Morgan fingerprint density at radius 1 is 1.00 bits per heavy atom. The van der Waals surface area contributed by atoms with Crippen molar-refractivity contribution in [2.24, 2.45) is 0 Å². The fourth-order valence-electron chi connectivity index (χ4n) is 3.42. The lowest BCUT2D eigenvalue weighted by molar-refractivity contribution is 0.0746. The minimum Gasteiger partial charge on any atom is -0.353 e. The van der Waals surface area contributed by atoms with Gasteiger partial charge >= 0.3 is 0 Å². The Hall–Kier alpha value is -3.22. The maximum Gasteiger partial charge on any atom is 0.253 e. The highest BCUT2D eigenvalue weighted by molar-refractivity contribution is 5.94. The first-order chi connectivity index (χ1) is 13.6.